The standard InChI is InChI=1S/C25H29N3O3S2/c1-4-19-9-5-6-10-22(19)27-25(29)18(3)32-24-15-17(2)21-16-20(11-12-23(21)26-24)33(30,31)28-13-7-8-14-28/h5-6,9-12,15-16,18H,4,7-8,13-14H2,1-3H3,(H,27,29). The number of para-hydroxylation sites is 1. The summed E-state index contributed by atoms with van der Waals surface area (Å²) < 4.78 is 27.4. The van der Waals surface area contributed by atoms with Gasteiger partial charge in [0.15, 0.2) is 0 Å². The maximum atomic E-state index is 12.9. The number of benzene rings is 2. The number of nitrogens with zero attached hydrogens (tertiary/aromatic N) is 2. The summed E-state index contributed by atoms with van der Waals surface area (Å²) in [6.45, 7) is 7.03. The number of fused-ring (bicyclic) bond motifs is 1. The van der Waals surface area contributed by atoms with E-state index in [4.69, 9.17) is 4.98 Å². The van der Waals surface area contributed by atoms with E-state index in [1.54, 1.807) is 22.5 Å². The molecule has 33 heavy (non-hydrogen) atoms. The molecule has 1 N–H and O–H groups in total. The second-order valence-corrected chi connectivity index (χ2v) is 11.6. The smallest absolute Gasteiger partial charge is 0.243 e. The van der Waals surface area contributed by atoms with Gasteiger partial charge >= 0.3 is 0 Å². The molecule has 0 spiro atoms. The minimum atomic E-state index is -3.48. The van der Waals surface area contributed by atoms with Crippen molar-refractivity contribution in [2.75, 3.05) is 18.4 Å². The fourth-order valence-corrected chi connectivity index (χ4v) is 6.53. The minimum Gasteiger partial charge on any atom is -0.325 e. The van der Waals surface area contributed by atoms with Crippen molar-refractivity contribution in [2.24, 2.45) is 0 Å². The largest absolute Gasteiger partial charge is 0.325 e. The van der Waals surface area contributed by atoms with Crippen LogP contribution in [0.4, 0.5) is 5.69 Å². The van der Waals surface area contributed by atoms with Crippen LogP contribution in [0, 0.1) is 6.92 Å². The lowest BCUT2D eigenvalue weighted by Crippen LogP contribution is -2.27. The predicted octanol–water partition coefficient (Wildman–Crippen LogP) is 5.01. The number of rotatable bonds is 7. The van der Waals surface area contributed by atoms with Crippen molar-refractivity contribution in [3.8, 4) is 0 Å². The summed E-state index contributed by atoms with van der Waals surface area (Å²) in [5.74, 6) is -0.0764. The molecule has 3 aromatic rings. The van der Waals surface area contributed by atoms with E-state index in [0.717, 1.165) is 52.0 Å². The van der Waals surface area contributed by atoms with E-state index in [1.807, 2.05) is 44.2 Å². The van der Waals surface area contributed by atoms with E-state index >= 15 is 0 Å². The fraction of sp³-hybridized carbons (Fsp3) is 0.360. The van der Waals surface area contributed by atoms with Gasteiger partial charge in [0.25, 0.3) is 0 Å². The number of sulfonamides is 1. The zero-order valence-corrected chi connectivity index (χ0v) is 20.8. The molecule has 1 aliphatic heterocycles. The SMILES string of the molecule is CCc1ccccc1NC(=O)C(C)Sc1cc(C)c2cc(S(=O)(=O)N3CCCC3)ccc2n1. The van der Waals surface area contributed by atoms with Crippen LogP contribution in [0.25, 0.3) is 10.9 Å². The molecule has 2 heterocycles. The zero-order valence-electron chi connectivity index (χ0n) is 19.2. The molecule has 1 saturated heterocycles. The number of pyridine rings is 1. The summed E-state index contributed by atoms with van der Waals surface area (Å²) in [7, 11) is -3.48. The first-order valence-electron chi connectivity index (χ1n) is 11.3. The van der Waals surface area contributed by atoms with E-state index < -0.39 is 10.0 Å². The molecule has 1 amide bonds. The summed E-state index contributed by atoms with van der Waals surface area (Å²) in [6, 6.07) is 14.8. The normalized spacial score (nSPS) is 15.6. The van der Waals surface area contributed by atoms with Crippen LogP contribution >= 0.6 is 11.8 Å². The van der Waals surface area contributed by atoms with Gasteiger partial charge in [0.05, 0.1) is 20.7 Å². The van der Waals surface area contributed by atoms with Crippen LogP contribution in [0.3, 0.4) is 0 Å². The summed E-state index contributed by atoms with van der Waals surface area (Å²) >= 11 is 1.39. The Hall–Kier alpha value is -2.42. The van der Waals surface area contributed by atoms with E-state index in [-0.39, 0.29) is 11.2 Å². The molecule has 1 aliphatic rings. The van der Waals surface area contributed by atoms with Gasteiger partial charge in [0.2, 0.25) is 15.9 Å². The van der Waals surface area contributed by atoms with Gasteiger partial charge in [-0.25, -0.2) is 13.4 Å². The van der Waals surface area contributed by atoms with Gasteiger partial charge in [-0.2, -0.15) is 4.31 Å². The highest BCUT2D eigenvalue weighted by Crippen LogP contribution is 2.30. The highest BCUT2D eigenvalue weighted by molar-refractivity contribution is 8.00. The van der Waals surface area contributed by atoms with E-state index in [1.165, 1.54) is 11.8 Å². The Morgan fingerprint density at radius 3 is 2.61 bits per heavy atom. The molecule has 6 nitrogen and oxygen atoms in total. The van der Waals surface area contributed by atoms with Crippen LogP contribution in [-0.4, -0.2) is 42.0 Å². The molecule has 4 rings (SSSR count). The van der Waals surface area contributed by atoms with Crippen molar-refractivity contribution >= 4 is 44.3 Å². The fourth-order valence-electron chi connectivity index (χ4n) is 4.06. The van der Waals surface area contributed by atoms with Crippen LogP contribution in [0.1, 0.15) is 37.8 Å². The first kappa shape index (κ1) is 23.7. The zero-order chi connectivity index (χ0) is 23.6. The molecule has 1 unspecified atom stereocenters. The molecule has 174 valence electrons. The predicted molar refractivity (Wildman–Crippen MR) is 134 cm³/mol. The summed E-state index contributed by atoms with van der Waals surface area (Å²) in [5, 5.41) is 4.24. The summed E-state index contributed by atoms with van der Waals surface area (Å²) in [6.07, 6.45) is 2.66. The third-order valence-electron chi connectivity index (χ3n) is 5.99. The first-order chi connectivity index (χ1) is 15.8. The van der Waals surface area contributed by atoms with Crippen molar-refractivity contribution in [3.63, 3.8) is 0 Å². The van der Waals surface area contributed by atoms with Crippen LogP contribution in [0.2, 0.25) is 0 Å². The van der Waals surface area contributed by atoms with Gasteiger partial charge in [-0.15, -0.1) is 0 Å². The van der Waals surface area contributed by atoms with Crippen LogP contribution in [-0.2, 0) is 21.2 Å². The number of amides is 1. The number of anilines is 1. The summed E-state index contributed by atoms with van der Waals surface area (Å²) in [4.78, 5) is 17.8. The maximum Gasteiger partial charge on any atom is 0.243 e. The van der Waals surface area contributed by atoms with Crippen LogP contribution in [0.5, 0.6) is 0 Å². The van der Waals surface area contributed by atoms with Gasteiger partial charge in [0.1, 0.15) is 0 Å². The van der Waals surface area contributed by atoms with E-state index in [9.17, 15) is 13.2 Å². The van der Waals surface area contributed by atoms with Gasteiger partial charge in [0, 0.05) is 24.2 Å². The number of nitrogens with one attached hydrogen (secondary N) is 1. The van der Waals surface area contributed by atoms with E-state index in [2.05, 4.69) is 12.2 Å². The number of hydrogen-bond acceptors (Lipinski definition) is 5. The highest BCUT2D eigenvalue weighted by atomic mass is 32.2. The topological polar surface area (TPSA) is 79.4 Å². The van der Waals surface area contributed by atoms with Crippen LogP contribution in [0.15, 0.2) is 58.5 Å². The van der Waals surface area contributed by atoms with Crippen molar-refractivity contribution in [1.82, 2.24) is 9.29 Å². The lowest BCUT2D eigenvalue weighted by molar-refractivity contribution is -0.115. The number of aryl methyl sites for hydroxylation is 2. The van der Waals surface area contributed by atoms with Gasteiger partial charge < -0.3 is 5.32 Å². The Morgan fingerprint density at radius 2 is 1.88 bits per heavy atom. The third kappa shape index (κ3) is 5.08. The number of carbonyl (C=O) groups is 1. The number of aromatic nitrogens is 1. The van der Waals surface area contributed by atoms with Crippen molar-refractivity contribution in [2.45, 2.75) is 55.2 Å². The quantitative estimate of drug-likeness (QED) is 0.478. The Morgan fingerprint density at radius 1 is 1.15 bits per heavy atom. The van der Waals surface area contributed by atoms with Crippen molar-refractivity contribution in [3.05, 3.63) is 59.7 Å². The molecular weight excluding hydrogens is 454 g/mol. The Balaban J connectivity index is 1.53. The second-order valence-electron chi connectivity index (χ2n) is 8.33. The first-order valence-corrected chi connectivity index (χ1v) is 13.6. The Bertz CT molecular complexity index is 1290. The number of carbonyl (C=O) groups excluding carboxylic acids is 1. The molecule has 1 fully saturated rings. The maximum absolute atomic E-state index is 12.9. The molecule has 0 radical (unpaired) electrons. The molecule has 2 aromatic carbocycles. The second kappa shape index (κ2) is 9.83. The number of hydrogen-bond donors (Lipinski definition) is 1. The van der Waals surface area contributed by atoms with Gasteiger partial charge in [-0.05, 0) is 74.6 Å². The van der Waals surface area contributed by atoms with Crippen molar-refractivity contribution < 1.29 is 13.2 Å². The molecule has 0 aliphatic carbocycles. The molecular formula is C25H29N3O3S2. The van der Waals surface area contributed by atoms with Gasteiger partial charge in [-0.1, -0.05) is 36.9 Å². The Labute approximate surface area is 199 Å². The molecule has 8 heteroatoms. The van der Waals surface area contributed by atoms with Crippen LogP contribution < -0.4 is 5.32 Å². The summed E-state index contributed by atoms with van der Waals surface area (Å²) in [5.41, 5.74) is 3.60. The monoisotopic (exact) mass is 483 g/mol. The lowest BCUT2D eigenvalue weighted by atomic mass is 10.1. The minimum absolute atomic E-state index is 0.0764. The average molecular weight is 484 g/mol. The van der Waals surface area contributed by atoms with Gasteiger partial charge in [-0.3, -0.25) is 4.79 Å². The Kier molecular flexibility index (Phi) is 7.07. The molecule has 1 aromatic heterocycles. The number of thioether (sulfide) groups is 1. The lowest BCUT2D eigenvalue weighted by Gasteiger charge is -2.17. The molecule has 1 atom stereocenters. The average Bonchev–Trinajstić information content (AvgIpc) is 3.35. The highest BCUT2D eigenvalue weighted by Gasteiger charge is 2.27. The molecule has 0 bridgehead atoms. The van der Waals surface area contributed by atoms with Crippen molar-refractivity contribution in [1.29, 1.82) is 0 Å². The molecule has 0 saturated carbocycles. The third-order valence-corrected chi connectivity index (χ3v) is 8.90. The van der Waals surface area contributed by atoms with E-state index in [0.29, 0.717) is 18.0 Å².